The Morgan fingerprint density at radius 1 is 0.967 bits per heavy atom. The van der Waals surface area contributed by atoms with Crippen LogP contribution in [0, 0.1) is 5.92 Å². The summed E-state index contributed by atoms with van der Waals surface area (Å²) in [5.74, 6) is -1.51. The van der Waals surface area contributed by atoms with Gasteiger partial charge in [0.15, 0.2) is 0 Å². The van der Waals surface area contributed by atoms with Crippen molar-refractivity contribution in [1.82, 2.24) is 5.32 Å². The van der Waals surface area contributed by atoms with Gasteiger partial charge in [0.05, 0.1) is 5.92 Å². The zero-order valence-electron chi connectivity index (χ0n) is 16.8. The summed E-state index contributed by atoms with van der Waals surface area (Å²) in [6, 6.07) is 15.1. The molecule has 3 rings (SSSR count). The number of para-hydroxylation sites is 1. The molecule has 1 fully saturated rings. The normalized spacial score (nSPS) is 16.7. The highest BCUT2D eigenvalue weighted by molar-refractivity contribution is 6.02. The largest absolute Gasteiger partial charge is 0.344 e. The molecule has 30 heavy (non-hydrogen) atoms. The van der Waals surface area contributed by atoms with Gasteiger partial charge < -0.3 is 20.9 Å². The monoisotopic (exact) mass is 408 g/mol. The Morgan fingerprint density at radius 2 is 1.57 bits per heavy atom. The van der Waals surface area contributed by atoms with E-state index in [1.54, 1.807) is 36.1 Å². The van der Waals surface area contributed by atoms with Gasteiger partial charge in [0.25, 0.3) is 0 Å². The number of nitrogens with zero attached hydrogens (tertiary/aromatic N) is 1. The summed E-state index contributed by atoms with van der Waals surface area (Å²) in [5, 5.41) is 8.05. The molecule has 1 saturated heterocycles. The molecule has 8 nitrogen and oxygen atoms in total. The number of hydrogen-bond acceptors (Lipinski definition) is 4. The van der Waals surface area contributed by atoms with Crippen LogP contribution < -0.4 is 20.9 Å². The Hall–Kier alpha value is -3.68. The number of amides is 4. The van der Waals surface area contributed by atoms with Crippen molar-refractivity contribution in [1.29, 1.82) is 0 Å². The number of nitrogens with one attached hydrogen (secondary N) is 3. The van der Waals surface area contributed by atoms with E-state index in [1.807, 2.05) is 30.3 Å². The van der Waals surface area contributed by atoms with Gasteiger partial charge in [0.2, 0.25) is 23.6 Å². The van der Waals surface area contributed by atoms with Crippen LogP contribution in [0.1, 0.15) is 20.3 Å². The van der Waals surface area contributed by atoms with Crippen LogP contribution in [0.25, 0.3) is 0 Å². The minimum atomic E-state index is -0.770. The Bertz CT molecular complexity index is 943. The number of rotatable bonds is 6. The van der Waals surface area contributed by atoms with Crippen molar-refractivity contribution in [2.75, 3.05) is 22.1 Å². The van der Waals surface area contributed by atoms with Gasteiger partial charge in [0.1, 0.15) is 6.04 Å². The number of carbonyl (C=O) groups is 4. The van der Waals surface area contributed by atoms with E-state index < -0.39 is 12.0 Å². The Labute approximate surface area is 174 Å². The standard InChI is InChI=1S/C22H24N4O4/c1-14(21(29)25-18-10-8-17(9-11-18)24-15(2)27)23-22(30)16-12-20(28)26(13-16)19-6-4-3-5-7-19/h3-11,14,16H,12-13H2,1-2H3,(H,23,30)(H,24,27)(H,25,29)/t14-,16-/m1/s1. The first-order chi connectivity index (χ1) is 14.3. The molecule has 0 aliphatic carbocycles. The first-order valence-electron chi connectivity index (χ1n) is 9.68. The minimum absolute atomic E-state index is 0.111. The number of anilines is 3. The second-order valence-corrected chi connectivity index (χ2v) is 7.22. The summed E-state index contributed by atoms with van der Waals surface area (Å²) in [4.78, 5) is 49.9. The zero-order valence-corrected chi connectivity index (χ0v) is 16.8. The van der Waals surface area contributed by atoms with Gasteiger partial charge in [-0.25, -0.2) is 0 Å². The molecule has 3 N–H and O–H groups in total. The van der Waals surface area contributed by atoms with Crippen LogP contribution in [0.5, 0.6) is 0 Å². The van der Waals surface area contributed by atoms with Crippen LogP contribution >= 0.6 is 0 Å². The summed E-state index contributed by atoms with van der Waals surface area (Å²) in [5.41, 5.74) is 1.92. The SMILES string of the molecule is CC(=O)Nc1ccc(NC(=O)[C@@H](C)NC(=O)[C@@H]2CC(=O)N(c3ccccc3)C2)cc1. The highest BCUT2D eigenvalue weighted by atomic mass is 16.2. The molecule has 1 heterocycles. The molecule has 156 valence electrons. The molecular formula is C22H24N4O4. The van der Waals surface area contributed by atoms with Crippen molar-refractivity contribution < 1.29 is 19.2 Å². The Balaban J connectivity index is 1.53. The topological polar surface area (TPSA) is 108 Å². The molecule has 2 aromatic rings. The van der Waals surface area contributed by atoms with E-state index >= 15 is 0 Å². The van der Waals surface area contributed by atoms with E-state index in [0.717, 1.165) is 5.69 Å². The maximum absolute atomic E-state index is 12.6. The molecule has 0 bridgehead atoms. The fourth-order valence-corrected chi connectivity index (χ4v) is 3.23. The molecule has 2 aromatic carbocycles. The van der Waals surface area contributed by atoms with Gasteiger partial charge in [0, 0.05) is 37.0 Å². The van der Waals surface area contributed by atoms with Crippen LogP contribution in [0.2, 0.25) is 0 Å². The van der Waals surface area contributed by atoms with Gasteiger partial charge in [-0.05, 0) is 43.3 Å². The van der Waals surface area contributed by atoms with E-state index in [9.17, 15) is 19.2 Å². The average Bonchev–Trinajstić information content (AvgIpc) is 3.11. The molecule has 1 aliphatic heterocycles. The van der Waals surface area contributed by atoms with E-state index in [4.69, 9.17) is 0 Å². The first kappa shape index (κ1) is 21.0. The van der Waals surface area contributed by atoms with Crippen molar-refractivity contribution >= 4 is 40.7 Å². The molecule has 8 heteroatoms. The highest BCUT2D eigenvalue weighted by Gasteiger charge is 2.35. The van der Waals surface area contributed by atoms with Crippen molar-refractivity contribution in [2.45, 2.75) is 26.3 Å². The van der Waals surface area contributed by atoms with Crippen LogP contribution in [0.4, 0.5) is 17.1 Å². The summed E-state index contributed by atoms with van der Waals surface area (Å²) in [6.45, 7) is 3.29. The second-order valence-electron chi connectivity index (χ2n) is 7.22. The molecule has 0 aromatic heterocycles. The number of hydrogen-bond donors (Lipinski definition) is 3. The van der Waals surface area contributed by atoms with E-state index in [-0.39, 0.29) is 36.6 Å². The lowest BCUT2D eigenvalue weighted by Crippen LogP contribution is -2.44. The molecule has 0 radical (unpaired) electrons. The van der Waals surface area contributed by atoms with E-state index in [0.29, 0.717) is 11.4 Å². The predicted molar refractivity (Wildman–Crippen MR) is 114 cm³/mol. The molecule has 0 unspecified atom stereocenters. The number of carbonyl (C=O) groups excluding carboxylic acids is 4. The lowest BCUT2D eigenvalue weighted by molar-refractivity contribution is -0.129. The van der Waals surface area contributed by atoms with E-state index in [1.165, 1.54) is 6.92 Å². The van der Waals surface area contributed by atoms with Crippen molar-refractivity contribution in [3.8, 4) is 0 Å². The van der Waals surface area contributed by atoms with Gasteiger partial charge in [-0.2, -0.15) is 0 Å². The number of benzene rings is 2. The quantitative estimate of drug-likeness (QED) is 0.681. The summed E-state index contributed by atoms with van der Waals surface area (Å²) < 4.78 is 0. The van der Waals surface area contributed by atoms with Crippen LogP contribution in [-0.2, 0) is 19.2 Å². The van der Waals surface area contributed by atoms with Gasteiger partial charge in [-0.3, -0.25) is 19.2 Å². The summed E-state index contributed by atoms with van der Waals surface area (Å²) in [7, 11) is 0. The Kier molecular flexibility index (Phi) is 6.46. The van der Waals surface area contributed by atoms with Crippen LogP contribution in [0.15, 0.2) is 54.6 Å². The maximum atomic E-state index is 12.6. The third kappa shape index (κ3) is 5.22. The minimum Gasteiger partial charge on any atom is -0.344 e. The summed E-state index contributed by atoms with van der Waals surface area (Å²) in [6.07, 6.45) is 0.111. The average molecular weight is 408 g/mol. The van der Waals surface area contributed by atoms with Crippen molar-refractivity contribution in [3.05, 3.63) is 54.6 Å². The predicted octanol–water partition coefficient (Wildman–Crippen LogP) is 2.14. The van der Waals surface area contributed by atoms with Crippen LogP contribution in [0.3, 0.4) is 0 Å². The first-order valence-corrected chi connectivity index (χ1v) is 9.68. The van der Waals surface area contributed by atoms with Crippen molar-refractivity contribution in [3.63, 3.8) is 0 Å². The highest BCUT2D eigenvalue weighted by Crippen LogP contribution is 2.25. The second kappa shape index (κ2) is 9.21. The third-order valence-electron chi connectivity index (χ3n) is 4.79. The fraction of sp³-hybridized carbons (Fsp3) is 0.273. The lowest BCUT2D eigenvalue weighted by atomic mass is 10.1. The maximum Gasteiger partial charge on any atom is 0.246 e. The van der Waals surface area contributed by atoms with E-state index in [2.05, 4.69) is 16.0 Å². The molecule has 0 spiro atoms. The van der Waals surface area contributed by atoms with Gasteiger partial charge >= 0.3 is 0 Å². The molecule has 4 amide bonds. The summed E-state index contributed by atoms with van der Waals surface area (Å²) >= 11 is 0. The Morgan fingerprint density at radius 3 is 2.17 bits per heavy atom. The van der Waals surface area contributed by atoms with Crippen LogP contribution in [-0.4, -0.2) is 36.2 Å². The lowest BCUT2D eigenvalue weighted by Gasteiger charge is -2.18. The van der Waals surface area contributed by atoms with Gasteiger partial charge in [-0.1, -0.05) is 18.2 Å². The fourth-order valence-electron chi connectivity index (χ4n) is 3.23. The third-order valence-corrected chi connectivity index (χ3v) is 4.79. The van der Waals surface area contributed by atoms with Crippen molar-refractivity contribution in [2.24, 2.45) is 5.92 Å². The zero-order chi connectivity index (χ0) is 21.7. The molecule has 2 atom stereocenters. The molecular weight excluding hydrogens is 384 g/mol. The molecule has 1 aliphatic rings. The van der Waals surface area contributed by atoms with Gasteiger partial charge in [-0.15, -0.1) is 0 Å². The molecule has 0 saturated carbocycles. The smallest absolute Gasteiger partial charge is 0.246 e.